The van der Waals surface area contributed by atoms with E-state index in [0.717, 1.165) is 16.8 Å². The van der Waals surface area contributed by atoms with Gasteiger partial charge in [0.25, 0.3) is 0 Å². The smallest absolute Gasteiger partial charge is 0.382 e. The van der Waals surface area contributed by atoms with Gasteiger partial charge in [0.15, 0.2) is 17.1 Å². The van der Waals surface area contributed by atoms with E-state index in [9.17, 15) is 13.2 Å². The van der Waals surface area contributed by atoms with E-state index in [2.05, 4.69) is 20.2 Å². The number of likely N-dealkylation sites (N-methyl/N-ethyl adjacent to an activating group) is 1. The minimum absolute atomic E-state index is 0.0208. The SMILES string of the molecule is CN1CCN(c2nc3cc(C(F)(F)F)c(/C(N)=N/N)cc3n(N=N)c2=N)CC1. The third kappa shape index (κ3) is 3.35. The van der Waals surface area contributed by atoms with Gasteiger partial charge in [0.05, 0.1) is 16.6 Å². The Kier molecular flexibility index (Phi) is 4.93. The summed E-state index contributed by atoms with van der Waals surface area (Å²) >= 11 is 0. The number of hydrazone groups is 1. The van der Waals surface area contributed by atoms with Crippen molar-refractivity contribution in [3.63, 3.8) is 0 Å². The highest BCUT2D eigenvalue weighted by Crippen LogP contribution is 2.34. The maximum absolute atomic E-state index is 13.5. The minimum atomic E-state index is -4.73. The molecule has 0 spiro atoms. The summed E-state index contributed by atoms with van der Waals surface area (Å²) < 4.78 is 41.5. The van der Waals surface area contributed by atoms with Crippen molar-refractivity contribution in [3.8, 4) is 0 Å². The zero-order valence-electron chi connectivity index (χ0n) is 15.0. The number of amidine groups is 1. The van der Waals surface area contributed by atoms with Crippen molar-refractivity contribution in [1.29, 1.82) is 10.9 Å². The maximum atomic E-state index is 13.5. The zero-order chi connectivity index (χ0) is 20.6. The van der Waals surface area contributed by atoms with E-state index in [-0.39, 0.29) is 22.3 Å². The molecule has 150 valence electrons. The lowest BCUT2D eigenvalue weighted by Crippen LogP contribution is -2.47. The Bertz CT molecular complexity index is 1000. The number of rotatable bonds is 3. The molecule has 1 saturated heterocycles. The molecule has 13 heteroatoms. The van der Waals surface area contributed by atoms with Crippen LogP contribution in [0.1, 0.15) is 11.1 Å². The van der Waals surface area contributed by atoms with Gasteiger partial charge in [-0.25, -0.2) is 4.98 Å². The highest BCUT2D eigenvalue weighted by atomic mass is 19.4. The van der Waals surface area contributed by atoms with Crippen LogP contribution >= 0.6 is 0 Å². The number of anilines is 1. The fourth-order valence-electron chi connectivity index (χ4n) is 3.08. The molecule has 1 aromatic carbocycles. The van der Waals surface area contributed by atoms with Crippen LogP contribution < -0.4 is 22.0 Å². The minimum Gasteiger partial charge on any atom is -0.382 e. The Morgan fingerprint density at radius 3 is 2.39 bits per heavy atom. The topological polar surface area (TPSA) is 149 Å². The molecule has 0 bridgehead atoms. The fourth-order valence-corrected chi connectivity index (χ4v) is 3.08. The van der Waals surface area contributed by atoms with Crippen molar-refractivity contribution in [2.75, 3.05) is 38.1 Å². The molecule has 0 aliphatic carbocycles. The van der Waals surface area contributed by atoms with Crippen molar-refractivity contribution in [2.24, 2.45) is 21.9 Å². The highest BCUT2D eigenvalue weighted by Gasteiger charge is 2.35. The van der Waals surface area contributed by atoms with E-state index in [0.29, 0.717) is 26.2 Å². The summed E-state index contributed by atoms with van der Waals surface area (Å²) in [5, 5.41) is 14.8. The molecule has 0 amide bonds. The Hall–Kier alpha value is -3.22. The quantitative estimate of drug-likeness (QED) is 0.198. The molecule has 0 atom stereocenters. The first-order chi connectivity index (χ1) is 13.2. The van der Waals surface area contributed by atoms with Crippen molar-refractivity contribution >= 4 is 22.7 Å². The maximum Gasteiger partial charge on any atom is 0.417 e. The highest BCUT2D eigenvalue weighted by molar-refractivity contribution is 6.01. The van der Waals surface area contributed by atoms with E-state index in [1.54, 1.807) is 4.90 Å². The number of hydrogen-bond donors (Lipinski definition) is 4. The van der Waals surface area contributed by atoms with E-state index >= 15 is 0 Å². The number of alkyl halides is 3. The van der Waals surface area contributed by atoms with Gasteiger partial charge in [-0.2, -0.15) is 28.5 Å². The average molecular weight is 396 g/mol. The van der Waals surface area contributed by atoms with E-state index in [1.165, 1.54) is 0 Å². The molecular formula is C15H19F3N10. The molecule has 2 aromatic rings. The normalized spacial score (nSPS) is 16.6. The molecular weight excluding hydrogens is 377 g/mol. The Labute approximate surface area is 157 Å². The third-order valence-electron chi connectivity index (χ3n) is 4.62. The van der Waals surface area contributed by atoms with Gasteiger partial charge in [0.1, 0.15) is 0 Å². The van der Waals surface area contributed by atoms with Gasteiger partial charge >= 0.3 is 6.18 Å². The lowest BCUT2D eigenvalue weighted by atomic mass is 10.0. The van der Waals surface area contributed by atoms with Crippen molar-refractivity contribution in [2.45, 2.75) is 6.18 Å². The van der Waals surface area contributed by atoms with Crippen LogP contribution in [0.3, 0.4) is 0 Å². The van der Waals surface area contributed by atoms with Crippen molar-refractivity contribution in [1.82, 2.24) is 14.6 Å². The van der Waals surface area contributed by atoms with Gasteiger partial charge < -0.3 is 21.4 Å². The van der Waals surface area contributed by atoms with Crippen LogP contribution in [-0.4, -0.2) is 53.6 Å². The summed E-state index contributed by atoms with van der Waals surface area (Å²) in [7, 11) is 1.95. The second-order valence-electron chi connectivity index (χ2n) is 6.38. The Morgan fingerprint density at radius 1 is 1.21 bits per heavy atom. The summed E-state index contributed by atoms with van der Waals surface area (Å²) in [6.45, 7) is 2.53. The van der Waals surface area contributed by atoms with Crippen LogP contribution in [0.5, 0.6) is 0 Å². The fraction of sp³-hybridized carbons (Fsp3) is 0.400. The second kappa shape index (κ2) is 7.07. The molecule has 28 heavy (non-hydrogen) atoms. The summed E-state index contributed by atoms with van der Waals surface area (Å²) in [6, 6.07) is 1.85. The molecule has 6 N–H and O–H groups in total. The predicted octanol–water partition coefficient (Wildman–Crippen LogP) is 0.659. The molecule has 10 nitrogen and oxygen atoms in total. The standard InChI is InChI=1S/C15H19F3N10/c1-26-2-4-27(5-3-26)14-13(20)28(25-22)11-6-8(12(19)24-21)9(15(16,17)18)7-10(11)23-14/h6-7,20,22H,2-5,21H2,1H3,(H2,19,24). The molecule has 0 unspecified atom stereocenters. The van der Waals surface area contributed by atoms with Crippen LogP contribution in [0, 0.1) is 10.9 Å². The van der Waals surface area contributed by atoms with Gasteiger partial charge in [-0.1, -0.05) is 5.22 Å². The van der Waals surface area contributed by atoms with E-state index in [1.807, 2.05) is 7.05 Å². The number of benzene rings is 1. The predicted molar refractivity (Wildman–Crippen MR) is 95.8 cm³/mol. The number of piperazine rings is 1. The molecule has 1 aromatic heterocycles. The number of aromatic nitrogens is 2. The van der Waals surface area contributed by atoms with Gasteiger partial charge in [-0.3, -0.25) is 5.41 Å². The molecule has 1 aliphatic heterocycles. The largest absolute Gasteiger partial charge is 0.417 e. The Morgan fingerprint density at radius 2 is 1.86 bits per heavy atom. The average Bonchev–Trinajstić information content (AvgIpc) is 2.66. The number of nitrogens with one attached hydrogen (secondary N) is 2. The summed E-state index contributed by atoms with van der Waals surface area (Å²) in [6.07, 6.45) is -4.73. The molecule has 2 heterocycles. The lowest BCUT2D eigenvalue weighted by molar-refractivity contribution is -0.137. The number of fused-ring (bicyclic) bond motifs is 1. The van der Waals surface area contributed by atoms with Crippen LogP contribution in [0.15, 0.2) is 22.5 Å². The van der Waals surface area contributed by atoms with Crippen molar-refractivity contribution in [3.05, 3.63) is 28.7 Å². The second-order valence-corrected chi connectivity index (χ2v) is 6.38. The van der Waals surface area contributed by atoms with Gasteiger partial charge in [0, 0.05) is 31.7 Å². The van der Waals surface area contributed by atoms with E-state index < -0.39 is 23.1 Å². The van der Waals surface area contributed by atoms with Crippen LogP contribution in [0.4, 0.5) is 19.0 Å². The number of nitrogens with two attached hydrogens (primary N) is 2. The summed E-state index contributed by atoms with van der Waals surface area (Å²) in [5.41, 5.74) is 11.2. The first-order valence-corrected chi connectivity index (χ1v) is 8.25. The molecule has 3 rings (SSSR count). The first kappa shape index (κ1) is 19.5. The first-order valence-electron chi connectivity index (χ1n) is 8.25. The van der Waals surface area contributed by atoms with Gasteiger partial charge in [-0.05, 0) is 19.2 Å². The lowest BCUT2D eigenvalue weighted by Gasteiger charge is -2.33. The third-order valence-corrected chi connectivity index (χ3v) is 4.62. The van der Waals surface area contributed by atoms with Crippen LogP contribution in [0.25, 0.3) is 11.0 Å². The van der Waals surface area contributed by atoms with Gasteiger partial charge in [-0.15, -0.1) is 0 Å². The molecule has 0 radical (unpaired) electrons. The van der Waals surface area contributed by atoms with E-state index in [4.69, 9.17) is 22.5 Å². The number of halogens is 3. The monoisotopic (exact) mass is 396 g/mol. The van der Waals surface area contributed by atoms with Gasteiger partial charge in [0.2, 0.25) is 0 Å². The molecule has 0 saturated carbocycles. The summed E-state index contributed by atoms with van der Waals surface area (Å²) in [4.78, 5) is 8.16. The number of nitrogens with zero attached hydrogens (tertiary/aromatic N) is 6. The summed E-state index contributed by atoms with van der Waals surface area (Å²) in [5.74, 6) is 4.70. The Balaban J connectivity index is 2.30. The zero-order valence-corrected chi connectivity index (χ0v) is 15.0. The number of hydrogen-bond acceptors (Lipinski definition) is 8. The van der Waals surface area contributed by atoms with Crippen LogP contribution in [0.2, 0.25) is 0 Å². The van der Waals surface area contributed by atoms with Crippen molar-refractivity contribution < 1.29 is 13.2 Å². The molecule has 1 fully saturated rings. The van der Waals surface area contributed by atoms with Crippen LogP contribution in [-0.2, 0) is 6.18 Å². The molecule has 1 aliphatic rings.